The number of esters is 1. The van der Waals surface area contributed by atoms with E-state index in [-0.39, 0.29) is 5.97 Å². The summed E-state index contributed by atoms with van der Waals surface area (Å²) in [5.74, 6) is 0.227. The fourth-order valence-electron chi connectivity index (χ4n) is 2.14. The minimum absolute atomic E-state index is 0.179. The van der Waals surface area contributed by atoms with Crippen LogP contribution >= 0.6 is 0 Å². The van der Waals surface area contributed by atoms with Crippen molar-refractivity contribution < 1.29 is 14.3 Å². The minimum Gasteiger partial charge on any atom is -0.466 e. The molecule has 0 aromatic rings. The average molecular weight is 259 g/mol. The molecule has 4 heteroatoms. The standard InChI is InChI=1S/C14H29NO3/c1-5-8-17-9-7-14(11-15,10-12(3)4)13(16)18-6-2/h12H,5-11,15H2,1-4H3. The highest BCUT2D eigenvalue weighted by atomic mass is 16.5. The van der Waals surface area contributed by atoms with Gasteiger partial charge in [0.15, 0.2) is 0 Å². The van der Waals surface area contributed by atoms with E-state index in [0.717, 1.165) is 19.4 Å². The predicted octanol–water partition coefficient (Wildman–Crippen LogP) is 2.36. The van der Waals surface area contributed by atoms with Crippen LogP contribution in [0.15, 0.2) is 0 Å². The van der Waals surface area contributed by atoms with Gasteiger partial charge in [-0.15, -0.1) is 0 Å². The molecule has 0 heterocycles. The van der Waals surface area contributed by atoms with E-state index in [1.54, 1.807) is 0 Å². The molecule has 0 amide bonds. The van der Waals surface area contributed by atoms with Crippen molar-refractivity contribution in [2.45, 2.75) is 47.0 Å². The van der Waals surface area contributed by atoms with Gasteiger partial charge >= 0.3 is 5.97 Å². The molecule has 0 aliphatic carbocycles. The molecule has 0 spiro atoms. The van der Waals surface area contributed by atoms with E-state index in [1.165, 1.54) is 0 Å². The third kappa shape index (κ3) is 5.83. The Morgan fingerprint density at radius 1 is 1.28 bits per heavy atom. The molecule has 0 radical (unpaired) electrons. The van der Waals surface area contributed by atoms with Crippen molar-refractivity contribution in [3.63, 3.8) is 0 Å². The highest BCUT2D eigenvalue weighted by molar-refractivity contribution is 5.77. The van der Waals surface area contributed by atoms with Crippen LogP contribution in [0.3, 0.4) is 0 Å². The van der Waals surface area contributed by atoms with Gasteiger partial charge in [-0.05, 0) is 32.1 Å². The Balaban J connectivity index is 4.59. The molecular formula is C14H29NO3. The summed E-state index contributed by atoms with van der Waals surface area (Å²) in [5, 5.41) is 0. The lowest BCUT2D eigenvalue weighted by molar-refractivity contribution is -0.157. The SMILES string of the molecule is CCCOCCC(CN)(CC(C)C)C(=O)OCC. The fourth-order valence-corrected chi connectivity index (χ4v) is 2.14. The van der Waals surface area contributed by atoms with Crippen LogP contribution in [0, 0.1) is 11.3 Å². The Morgan fingerprint density at radius 2 is 1.94 bits per heavy atom. The van der Waals surface area contributed by atoms with Crippen molar-refractivity contribution in [1.82, 2.24) is 0 Å². The molecule has 0 aromatic carbocycles. The summed E-state index contributed by atoms with van der Waals surface area (Å²) in [6.45, 7) is 10.1. The third-order valence-electron chi connectivity index (χ3n) is 2.97. The quantitative estimate of drug-likeness (QED) is 0.483. The number of carbonyl (C=O) groups is 1. The van der Waals surface area contributed by atoms with Crippen LogP contribution in [0.1, 0.15) is 47.0 Å². The molecule has 1 unspecified atom stereocenters. The highest BCUT2D eigenvalue weighted by Crippen LogP contribution is 2.31. The van der Waals surface area contributed by atoms with Crippen LogP contribution in [-0.2, 0) is 14.3 Å². The predicted molar refractivity (Wildman–Crippen MR) is 73.3 cm³/mol. The van der Waals surface area contributed by atoms with Crippen molar-refractivity contribution in [3.8, 4) is 0 Å². The zero-order chi connectivity index (χ0) is 14.0. The number of hydrogen-bond donors (Lipinski definition) is 1. The summed E-state index contributed by atoms with van der Waals surface area (Å²) in [5.41, 5.74) is 5.26. The van der Waals surface area contributed by atoms with Gasteiger partial charge in [0.25, 0.3) is 0 Å². The lowest BCUT2D eigenvalue weighted by Gasteiger charge is -2.31. The number of nitrogens with two attached hydrogens (primary N) is 1. The first-order valence-electron chi connectivity index (χ1n) is 6.97. The topological polar surface area (TPSA) is 61.5 Å². The number of rotatable bonds is 10. The maximum atomic E-state index is 12.1. The molecule has 0 saturated heterocycles. The Bertz CT molecular complexity index is 231. The van der Waals surface area contributed by atoms with Crippen LogP contribution < -0.4 is 5.73 Å². The Labute approximate surface area is 111 Å². The molecule has 0 fully saturated rings. The van der Waals surface area contributed by atoms with E-state index < -0.39 is 5.41 Å². The highest BCUT2D eigenvalue weighted by Gasteiger charge is 2.38. The van der Waals surface area contributed by atoms with Gasteiger partial charge in [0.2, 0.25) is 0 Å². The maximum Gasteiger partial charge on any atom is 0.313 e. The second kappa shape index (κ2) is 9.34. The van der Waals surface area contributed by atoms with Gasteiger partial charge < -0.3 is 15.2 Å². The smallest absolute Gasteiger partial charge is 0.313 e. The van der Waals surface area contributed by atoms with Crippen LogP contribution in [-0.4, -0.2) is 32.3 Å². The summed E-state index contributed by atoms with van der Waals surface area (Å²) >= 11 is 0. The second-order valence-corrected chi connectivity index (χ2v) is 5.17. The number of carbonyl (C=O) groups excluding carboxylic acids is 1. The molecule has 108 valence electrons. The zero-order valence-corrected chi connectivity index (χ0v) is 12.3. The second-order valence-electron chi connectivity index (χ2n) is 5.17. The molecule has 0 bridgehead atoms. The first-order chi connectivity index (χ1) is 8.52. The minimum atomic E-state index is -0.585. The van der Waals surface area contributed by atoms with Crippen molar-refractivity contribution in [2.75, 3.05) is 26.4 Å². The third-order valence-corrected chi connectivity index (χ3v) is 2.97. The summed E-state index contributed by atoms with van der Waals surface area (Å²) in [4.78, 5) is 12.1. The van der Waals surface area contributed by atoms with Gasteiger partial charge in [0.05, 0.1) is 12.0 Å². The molecular weight excluding hydrogens is 230 g/mol. The molecule has 1 atom stereocenters. The molecule has 0 aromatic heterocycles. The summed E-state index contributed by atoms with van der Waals surface area (Å²) in [6, 6.07) is 0. The van der Waals surface area contributed by atoms with E-state index in [0.29, 0.717) is 32.1 Å². The molecule has 18 heavy (non-hydrogen) atoms. The van der Waals surface area contributed by atoms with Crippen molar-refractivity contribution >= 4 is 5.97 Å². The fraction of sp³-hybridized carbons (Fsp3) is 0.929. The molecule has 0 saturated carbocycles. The van der Waals surface area contributed by atoms with Crippen LogP contribution in [0.25, 0.3) is 0 Å². The van der Waals surface area contributed by atoms with Gasteiger partial charge in [0, 0.05) is 19.8 Å². The lowest BCUT2D eigenvalue weighted by Crippen LogP contribution is -2.42. The van der Waals surface area contributed by atoms with E-state index >= 15 is 0 Å². The first kappa shape index (κ1) is 17.4. The normalized spacial score (nSPS) is 14.6. The average Bonchev–Trinajstić information content (AvgIpc) is 2.33. The van der Waals surface area contributed by atoms with Crippen molar-refractivity contribution in [2.24, 2.45) is 17.1 Å². The lowest BCUT2D eigenvalue weighted by atomic mass is 9.77. The number of ether oxygens (including phenoxy) is 2. The molecule has 4 nitrogen and oxygen atoms in total. The van der Waals surface area contributed by atoms with E-state index in [4.69, 9.17) is 15.2 Å². The van der Waals surface area contributed by atoms with E-state index in [2.05, 4.69) is 20.8 Å². The van der Waals surface area contributed by atoms with Gasteiger partial charge in [-0.1, -0.05) is 20.8 Å². The van der Waals surface area contributed by atoms with Gasteiger partial charge in [-0.3, -0.25) is 4.79 Å². The van der Waals surface area contributed by atoms with Gasteiger partial charge in [0.1, 0.15) is 0 Å². The maximum absolute atomic E-state index is 12.1. The molecule has 2 N–H and O–H groups in total. The molecule has 0 aliphatic heterocycles. The molecule has 0 aliphatic rings. The van der Waals surface area contributed by atoms with E-state index in [9.17, 15) is 4.79 Å². The van der Waals surface area contributed by atoms with Crippen molar-refractivity contribution in [3.05, 3.63) is 0 Å². The number of hydrogen-bond acceptors (Lipinski definition) is 4. The monoisotopic (exact) mass is 259 g/mol. The van der Waals surface area contributed by atoms with Crippen LogP contribution in [0.5, 0.6) is 0 Å². The summed E-state index contributed by atoms with van der Waals surface area (Å²) in [7, 11) is 0. The Hall–Kier alpha value is -0.610. The van der Waals surface area contributed by atoms with Crippen LogP contribution in [0.2, 0.25) is 0 Å². The van der Waals surface area contributed by atoms with Gasteiger partial charge in [-0.2, -0.15) is 0 Å². The Morgan fingerprint density at radius 3 is 2.39 bits per heavy atom. The van der Waals surface area contributed by atoms with Crippen molar-refractivity contribution in [1.29, 1.82) is 0 Å². The zero-order valence-electron chi connectivity index (χ0n) is 12.3. The van der Waals surface area contributed by atoms with E-state index in [1.807, 2.05) is 6.92 Å². The van der Waals surface area contributed by atoms with Crippen LogP contribution in [0.4, 0.5) is 0 Å². The molecule has 0 rings (SSSR count). The first-order valence-corrected chi connectivity index (χ1v) is 6.97. The largest absolute Gasteiger partial charge is 0.466 e. The summed E-state index contributed by atoms with van der Waals surface area (Å²) < 4.78 is 10.7. The Kier molecular flexibility index (Phi) is 9.02. The van der Waals surface area contributed by atoms with Gasteiger partial charge in [-0.25, -0.2) is 0 Å². The summed E-state index contributed by atoms with van der Waals surface area (Å²) in [6.07, 6.45) is 2.37.